The highest BCUT2D eigenvalue weighted by atomic mass is 16.5. The van der Waals surface area contributed by atoms with Gasteiger partial charge in [0.05, 0.1) is 48.2 Å². The number of nitrogens with zero attached hydrogens (tertiary/aromatic N) is 4. The van der Waals surface area contributed by atoms with Crippen LogP contribution in [-0.4, -0.2) is 39.6 Å². The number of carbonyl (C=O) groups is 1. The minimum Gasteiger partial charge on any atom is -0.497 e. The van der Waals surface area contributed by atoms with Crippen LogP contribution in [0, 0.1) is 13.8 Å². The second-order valence-corrected chi connectivity index (χ2v) is 6.92. The second-order valence-electron chi connectivity index (χ2n) is 6.92. The Morgan fingerprint density at radius 2 is 2.14 bits per heavy atom. The third-order valence-electron chi connectivity index (χ3n) is 5.11. The number of aryl methyl sites for hydroxylation is 2. The van der Waals surface area contributed by atoms with Gasteiger partial charge in [0, 0.05) is 12.1 Å². The van der Waals surface area contributed by atoms with Crippen LogP contribution in [0.2, 0.25) is 0 Å². The van der Waals surface area contributed by atoms with Gasteiger partial charge in [0.15, 0.2) is 0 Å². The summed E-state index contributed by atoms with van der Waals surface area (Å²) in [4.78, 5) is 24.2. The third kappa shape index (κ3) is 3.24. The maximum atomic E-state index is 13.1. The minimum atomic E-state index is -0.105. The molecule has 3 heterocycles. The normalized spacial score (nSPS) is 16.4. The molecule has 0 bridgehead atoms. The maximum absolute atomic E-state index is 13.1. The molecule has 7 heteroatoms. The van der Waals surface area contributed by atoms with Crippen molar-refractivity contribution in [3.8, 4) is 17.0 Å². The molecule has 28 heavy (non-hydrogen) atoms. The number of methoxy groups -OCH3 is 1. The van der Waals surface area contributed by atoms with Gasteiger partial charge in [-0.3, -0.25) is 9.78 Å². The summed E-state index contributed by atoms with van der Waals surface area (Å²) in [6.07, 6.45) is 5.23. The van der Waals surface area contributed by atoms with Crippen molar-refractivity contribution in [3.63, 3.8) is 0 Å². The maximum Gasteiger partial charge on any atom is 0.254 e. The van der Waals surface area contributed by atoms with Gasteiger partial charge in [-0.25, -0.2) is 4.98 Å². The van der Waals surface area contributed by atoms with E-state index >= 15 is 0 Å². The first-order chi connectivity index (χ1) is 13.6. The lowest BCUT2D eigenvalue weighted by Gasteiger charge is -2.24. The van der Waals surface area contributed by atoms with Crippen LogP contribution >= 0.6 is 0 Å². The molecular formula is C21H22N4O3. The van der Waals surface area contributed by atoms with Gasteiger partial charge in [-0.2, -0.15) is 0 Å². The van der Waals surface area contributed by atoms with Crippen LogP contribution < -0.4 is 4.74 Å². The van der Waals surface area contributed by atoms with E-state index in [1.165, 1.54) is 0 Å². The zero-order valence-corrected chi connectivity index (χ0v) is 16.2. The third-order valence-corrected chi connectivity index (χ3v) is 5.11. The summed E-state index contributed by atoms with van der Waals surface area (Å²) in [5, 5.41) is 4.00. The molecule has 0 radical (unpaired) electrons. The Morgan fingerprint density at radius 1 is 1.29 bits per heavy atom. The van der Waals surface area contributed by atoms with Gasteiger partial charge in [-0.05, 0) is 44.9 Å². The molecule has 1 aromatic carbocycles. The fourth-order valence-corrected chi connectivity index (χ4v) is 3.75. The highest BCUT2D eigenvalue weighted by Crippen LogP contribution is 2.34. The summed E-state index contributed by atoms with van der Waals surface area (Å²) >= 11 is 0. The van der Waals surface area contributed by atoms with Gasteiger partial charge in [0.25, 0.3) is 5.91 Å². The van der Waals surface area contributed by atoms with Crippen molar-refractivity contribution in [1.82, 2.24) is 20.0 Å². The van der Waals surface area contributed by atoms with E-state index in [4.69, 9.17) is 14.2 Å². The van der Waals surface area contributed by atoms with E-state index < -0.39 is 0 Å². The molecule has 1 amide bonds. The first-order valence-electron chi connectivity index (χ1n) is 9.28. The zero-order chi connectivity index (χ0) is 19.7. The number of aromatic nitrogens is 3. The molecule has 0 saturated carbocycles. The molecule has 0 unspecified atom stereocenters. The molecule has 2 aromatic heterocycles. The number of benzene rings is 1. The molecule has 144 valence electrons. The van der Waals surface area contributed by atoms with Crippen molar-refractivity contribution < 1.29 is 14.1 Å². The molecule has 0 spiro atoms. The summed E-state index contributed by atoms with van der Waals surface area (Å²) in [6, 6.07) is 7.13. The second kappa shape index (κ2) is 7.42. The quantitative estimate of drug-likeness (QED) is 0.688. The van der Waals surface area contributed by atoms with Crippen molar-refractivity contribution in [3.05, 3.63) is 59.4 Å². The summed E-state index contributed by atoms with van der Waals surface area (Å²) in [5.74, 6) is 1.35. The Labute approximate surface area is 163 Å². The number of hydrogen-bond donors (Lipinski definition) is 0. The fourth-order valence-electron chi connectivity index (χ4n) is 3.75. The van der Waals surface area contributed by atoms with E-state index in [-0.39, 0.29) is 11.9 Å². The summed E-state index contributed by atoms with van der Waals surface area (Å²) < 4.78 is 10.5. The number of likely N-dealkylation sites (tertiary alicyclic amines) is 1. The van der Waals surface area contributed by atoms with Crippen molar-refractivity contribution in [1.29, 1.82) is 0 Å². The van der Waals surface area contributed by atoms with E-state index in [2.05, 4.69) is 10.1 Å². The van der Waals surface area contributed by atoms with Gasteiger partial charge < -0.3 is 14.2 Å². The molecule has 3 aromatic rings. The minimum absolute atomic E-state index is 0.0223. The number of carbonyl (C=O) groups excluding carboxylic acids is 1. The van der Waals surface area contributed by atoms with Crippen molar-refractivity contribution >= 4 is 5.91 Å². The van der Waals surface area contributed by atoms with Gasteiger partial charge in [0.2, 0.25) is 0 Å². The molecule has 1 fully saturated rings. The Bertz CT molecular complexity index is 995. The van der Waals surface area contributed by atoms with Gasteiger partial charge in [0.1, 0.15) is 11.5 Å². The number of hydrogen-bond acceptors (Lipinski definition) is 6. The van der Waals surface area contributed by atoms with Gasteiger partial charge >= 0.3 is 0 Å². The lowest BCUT2D eigenvalue weighted by Crippen LogP contribution is -2.31. The van der Waals surface area contributed by atoms with Crippen LogP contribution in [0.1, 0.15) is 46.4 Å². The van der Waals surface area contributed by atoms with Crippen LogP contribution in [0.25, 0.3) is 11.3 Å². The van der Waals surface area contributed by atoms with Gasteiger partial charge in [-0.15, -0.1) is 0 Å². The standard InChI is InChI=1S/C21H22N4O3/c1-13-20(14(2)28-24-13)18-12-22-11-17(23-18)19-8-5-9-25(19)21(26)15-6-4-7-16(10-15)27-3/h4,6-7,10-12,19H,5,8-9H2,1-3H3/t19-/m1/s1. The summed E-state index contributed by atoms with van der Waals surface area (Å²) in [6.45, 7) is 4.43. The predicted molar refractivity (Wildman–Crippen MR) is 103 cm³/mol. The average molecular weight is 378 g/mol. The number of rotatable bonds is 4. The van der Waals surface area contributed by atoms with Gasteiger partial charge in [-0.1, -0.05) is 11.2 Å². The van der Waals surface area contributed by atoms with Crippen LogP contribution in [0.15, 0.2) is 41.2 Å². The van der Waals surface area contributed by atoms with Crippen LogP contribution in [0.4, 0.5) is 0 Å². The summed E-state index contributed by atoms with van der Waals surface area (Å²) in [7, 11) is 1.60. The monoisotopic (exact) mass is 378 g/mol. The molecule has 0 N–H and O–H groups in total. The van der Waals surface area contributed by atoms with Crippen LogP contribution in [0.5, 0.6) is 5.75 Å². The molecule has 1 saturated heterocycles. The Hall–Kier alpha value is -3.22. The lowest BCUT2D eigenvalue weighted by molar-refractivity contribution is 0.0732. The molecule has 0 aliphatic carbocycles. The van der Waals surface area contributed by atoms with E-state index in [1.54, 1.807) is 25.6 Å². The van der Waals surface area contributed by atoms with E-state index in [0.717, 1.165) is 35.5 Å². The predicted octanol–water partition coefficient (Wildman–Crippen LogP) is 3.73. The molecular weight excluding hydrogens is 356 g/mol. The zero-order valence-electron chi connectivity index (χ0n) is 16.2. The van der Waals surface area contributed by atoms with Crippen LogP contribution in [0.3, 0.4) is 0 Å². The highest BCUT2D eigenvalue weighted by molar-refractivity contribution is 5.95. The highest BCUT2D eigenvalue weighted by Gasteiger charge is 2.32. The average Bonchev–Trinajstić information content (AvgIpc) is 3.34. The smallest absolute Gasteiger partial charge is 0.254 e. The first kappa shape index (κ1) is 18.2. The lowest BCUT2D eigenvalue weighted by atomic mass is 10.1. The fraction of sp³-hybridized carbons (Fsp3) is 0.333. The van der Waals surface area contributed by atoms with E-state index in [9.17, 15) is 4.79 Å². The van der Waals surface area contributed by atoms with Crippen molar-refractivity contribution in [2.75, 3.05) is 13.7 Å². The molecule has 1 atom stereocenters. The Kier molecular flexibility index (Phi) is 4.81. The van der Waals surface area contributed by atoms with E-state index in [1.807, 2.05) is 36.9 Å². The molecule has 1 aliphatic heterocycles. The largest absolute Gasteiger partial charge is 0.497 e. The number of ether oxygens (including phenoxy) is 1. The molecule has 4 rings (SSSR count). The first-order valence-corrected chi connectivity index (χ1v) is 9.28. The topological polar surface area (TPSA) is 81.4 Å². The van der Waals surface area contributed by atoms with Crippen molar-refractivity contribution in [2.45, 2.75) is 32.7 Å². The number of amides is 1. The van der Waals surface area contributed by atoms with E-state index in [0.29, 0.717) is 23.6 Å². The van der Waals surface area contributed by atoms with Crippen LogP contribution in [-0.2, 0) is 0 Å². The van der Waals surface area contributed by atoms with Crippen molar-refractivity contribution in [2.24, 2.45) is 0 Å². The SMILES string of the molecule is COc1cccc(C(=O)N2CCC[C@@H]2c2cncc(-c3c(C)noc3C)n2)c1. The molecule has 7 nitrogen and oxygen atoms in total. The Morgan fingerprint density at radius 3 is 2.89 bits per heavy atom. The summed E-state index contributed by atoms with van der Waals surface area (Å²) in [5.41, 5.74) is 3.75. The molecule has 1 aliphatic rings. The Balaban J connectivity index is 1.65.